The molecule has 0 N–H and O–H groups in total. The van der Waals surface area contributed by atoms with Gasteiger partial charge in [-0.2, -0.15) is 0 Å². The SMILES string of the molecule is [2H]C([2H])([2H])c1cc2c3c(c1)N(c1ccc4c(oc5ccccc54)c1C(C)(C)C)c1cc(N(c4ccc(C(C)(C)C)cc4C)c4ccc(C(C)(C)C)cc4C)ccc1B3c1cc3c(cc1N2c1ccc2c(c1)C(C)(C)CCC2(C)C)C(C)(C)CCC3(C)C. The third-order valence-electron chi connectivity index (χ3n) is 20.5. The van der Waals surface area contributed by atoms with Crippen LogP contribution in [0, 0.1) is 20.7 Å². The van der Waals surface area contributed by atoms with Gasteiger partial charge in [-0.05, 0) is 224 Å². The van der Waals surface area contributed by atoms with E-state index in [1.165, 1.54) is 55.4 Å². The minimum Gasteiger partial charge on any atom is -0.456 e. The fourth-order valence-corrected chi connectivity index (χ4v) is 15.3. The van der Waals surface area contributed by atoms with Crippen LogP contribution in [0.1, 0.15) is 203 Å². The zero-order valence-electron chi connectivity index (χ0n) is 56.9. The quantitative estimate of drug-likeness (QED) is 0.160. The van der Waals surface area contributed by atoms with E-state index in [0.29, 0.717) is 5.56 Å². The van der Waals surface area contributed by atoms with Crippen molar-refractivity contribution in [1.29, 1.82) is 0 Å². The van der Waals surface area contributed by atoms with Crippen LogP contribution in [0.25, 0.3) is 21.9 Å². The second-order valence-electron chi connectivity index (χ2n) is 31.5. The molecule has 0 bridgehead atoms. The Bertz CT molecular complexity index is 4280. The molecule has 0 amide bonds. The first-order chi connectivity index (χ1) is 40.5. The van der Waals surface area contributed by atoms with Crippen molar-refractivity contribution < 1.29 is 8.53 Å². The van der Waals surface area contributed by atoms with E-state index in [1.54, 1.807) is 0 Å². The standard InChI is InChI=1S/C79H90BN3O/c1-47-39-67-71-68(40-47)83(64-34-29-55-54-23-21-22-24-69(54)84-72(55)70(64)75(10,11)12)65-44-53(81(62-32-25-50(41-48(62)2)73(4,5)6)63-33-26-51(42-49(63)3)74(7,8)9)28-31-60(65)80(71)61-45-58-59(79(19,20)38-37-78(58,17)18)46-66(61)82(67)52-27-30-56-57(43-52)77(15,16)36-35-76(56,13)14/h21-34,39-46H,35-38H2,1-20H3/i1D3. The molecule has 0 saturated heterocycles. The van der Waals surface area contributed by atoms with Gasteiger partial charge >= 0.3 is 0 Å². The molecule has 0 radical (unpaired) electrons. The minimum absolute atomic E-state index is 0.0107. The molecule has 4 aliphatic rings. The number of nitrogens with zero attached hydrogens (tertiary/aromatic N) is 3. The molecule has 4 nitrogen and oxygen atoms in total. The number of rotatable bonds is 5. The van der Waals surface area contributed by atoms with Crippen LogP contribution in [0.2, 0.25) is 0 Å². The smallest absolute Gasteiger partial charge is 0.252 e. The summed E-state index contributed by atoms with van der Waals surface area (Å²) in [5.41, 5.74) is 25.4. The van der Waals surface area contributed by atoms with Crippen molar-refractivity contribution in [3.8, 4) is 0 Å². The summed E-state index contributed by atoms with van der Waals surface area (Å²) in [6.07, 6.45) is 4.34. The van der Waals surface area contributed by atoms with Crippen molar-refractivity contribution in [1.82, 2.24) is 0 Å². The largest absolute Gasteiger partial charge is 0.456 e. The van der Waals surface area contributed by atoms with Gasteiger partial charge in [0.2, 0.25) is 0 Å². The highest BCUT2D eigenvalue weighted by atomic mass is 16.3. The first kappa shape index (κ1) is 52.6. The number of benzene rings is 8. The van der Waals surface area contributed by atoms with Gasteiger partial charge in [-0.1, -0.05) is 178 Å². The molecule has 430 valence electrons. The molecule has 9 aromatic rings. The van der Waals surface area contributed by atoms with Crippen LogP contribution in [0.5, 0.6) is 0 Å². The summed E-state index contributed by atoms with van der Waals surface area (Å²) in [7, 11) is 0. The second-order valence-corrected chi connectivity index (χ2v) is 31.5. The van der Waals surface area contributed by atoms with Gasteiger partial charge in [0.05, 0.1) is 5.69 Å². The van der Waals surface area contributed by atoms with Gasteiger partial charge < -0.3 is 19.1 Å². The predicted octanol–water partition coefficient (Wildman–Crippen LogP) is 20.7. The Balaban J connectivity index is 1.18. The summed E-state index contributed by atoms with van der Waals surface area (Å²) in [6, 6.07) is 50.5. The summed E-state index contributed by atoms with van der Waals surface area (Å²) in [5.74, 6) is 0. The van der Waals surface area contributed by atoms with Crippen molar-refractivity contribution in [3.05, 3.63) is 189 Å². The van der Waals surface area contributed by atoms with E-state index in [4.69, 9.17) is 4.42 Å². The Kier molecular flexibility index (Phi) is 11.6. The van der Waals surface area contributed by atoms with Crippen molar-refractivity contribution in [2.24, 2.45) is 0 Å². The van der Waals surface area contributed by atoms with E-state index in [0.717, 1.165) is 110 Å². The fraction of sp³-hybridized carbons (Fsp3) is 0.392. The predicted molar refractivity (Wildman–Crippen MR) is 363 cm³/mol. The van der Waals surface area contributed by atoms with Crippen LogP contribution in [0.4, 0.5) is 51.2 Å². The van der Waals surface area contributed by atoms with Crippen LogP contribution in [0.15, 0.2) is 138 Å². The lowest BCUT2D eigenvalue weighted by Gasteiger charge is -2.48. The Hall–Kier alpha value is -6.98. The zero-order valence-corrected chi connectivity index (χ0v) is 53.9. The van der Waals surface area contributed by atoms with Gasteiger partial charge in [0, 0.05) is 65.9 Å². The summed E-state index contributed by atoms with van der Waals surface area (Å²) in [6.45, 7) is 41.7. The maximum absolute atomic E-state index is 9.52. The highest BCUT2D eigenvalue weighted by Gasteiger charge is 2.48. The van der Waals surface area contributed by atoms with E-state index in [2.05, 4.69) is 262 Å². The van der Waals surface area contributed by atoms with Crippen molar-refractivity contribution in [2.45, 2.75) is 202 Å². The molecule has 5 heteroatoms. The minimum atomic E-state index is -2.45. The summed E-state index contributed by atoms with van der Waals surface area (Å²) >= 11 is 0. The van der Waals surface area contributed by atoms with Crippen LogP contribution < -0.4 is 31.1 Å². The van der Waals surface area contributed by atoms with E-state index in [-0.39, 0.29) is 39.2 Å². The van der Waals surface area contributed by atoms with Gasteiger partial charge in [-0.3, -0.25) is 0 Å². The molecule has 13 rings (SSSR count). The molecule has 0 fully saturated rings. The molecule has 84 heavy (non-hydrogen) atoms. The third kappa shape index (κ3) is 8.73. The van der Waals surface area contributed by atoms with Crippen molar-refractivity contribution >= 4 is 96.2 Å². The van der Waals surface area contributed by atoms with E-state index < -0.39 is 12.3 Å². The number of fused-ring (bicyclic) bond motifs is 9. The lowest BCUT2D eigenvalue weighted by atomic mass is 9.33. The van der Waals surface area contributed by atoms with Crippen LogP contribution in [-0.4, -0.2) is 6.71 Å². The Morgan fingerprint density at radius 2 is 1.02 bits per heavy atom. The maximum atomic E-state index is 9.52. The molecule has 3 heterocycles. The van der Waals surface area contributed by atoms with Gasteiger partial charge in [-0.15, -0.1) is 0 Å². The Labute approximate surface area is 508 Å². The highest BCUT2D eigenvalue weighted by molar-refractivity contribution is 7.00. The number of furan rings is 1. The molecule has 2 aliphatic carbocycles. The Morgan fingerprint density at radius 1 is 0.476 bits per heavy atom. The van der Waals surface area contributed by atoms with Crippen LogP contribution in [-0.2, 0) is 37.9 Å². The van der Waals surface area contributed by atoms with Crippen LogP contribution >= 0.6 is 0 Å². The normalized spacial score (nSPS) is 18.1. The topological polar surface area (TPSA) is 22.9 Å². The molecule has 2 aliphatic heterocycles. The average Bonchev–Trinajstić information content (AvgIpc) is 1.21. The zero-order chi connectivity index (χ0) is 62.4. The molecular formula is C79H90BN3O. The molecule has 8 aromatic carbocycles. The first-order valence-corrected chi connectivity index (χ1v) is 31.2. The molecule has 0 atom stereocenters. The lowest BCUT2D eigenvalue weighted by molar-refractivity contribution is 0.332. The highest BCUT2D eigenvalue weighted by Crippen LogP contribution is 2.55. The fourth-order valence-electron chi connectivity index (χ4n) is 15.3. The Morgan fingerprint density at radius 3 is 1.60 bits per heavy atom. The monoisotopic (exact) mass is 1110 g/mol. The second kappa shape index (κ2) is 18.5. The molecule has 1 aromatic heterocycles. The molecule has 0 unspecified atom stereocenters. The van der Waals surface area contributed by atoms with Crippen molar-refractivity contribution in [2.75, 3.05) is 14.7 Å². The van der Waals surface area contributed by atoms with Gasteiger partial charge in [0.15, 0.2) is 0 Å². The van der Waals surface area contributed by atoms with Crippen LogP contribution in [0.3, 0.4) is 0 Å². The summed E-state index contributed by atoms with van der Waals surface area (Å²) < 4.78 is 35.6. The molecular weight excluding hydrogens is 1020 g/mol. The molecule has 0 saturated carbocycles. The van der Waals surface area contributed by atoms with E-state index in [9.17, 15) is 4.11 Å². The number of para-hydroxylation sites is 1. The van der Waals surface area contributed by atoms with Gasteiger partial charge in [-0.25, -0.2) is 0 Å². The van der Waals surface area contributed by atoms with Gasteiger partial charge in [0.25, 0.3) is 6.71 Å². The average molecular weight is 1110 g/mol. The summed E-state index contributed by atoms with van der Waals surface area (Å²) in [4.78, 5) is 7.41. The van der Waals surface area contributed by atoms with Crippen molar-refractivity contribution in [3.63, 3.8) is 0 Å². The first-order valence-electron chi connectivity index (χ1n) is 32.7. The van der Waals surface area contributed by atoms with E-state index >= 15 is 0 Å². The molecule has 0 spiro atoms. The number of hydrogen-bond acceptors (Lipinski definition) is 4. The lowest BCUT2D eigenvalue weighted by Crippen LogP contribution is -2.62. The van der Waals surface area contributed by atoms with Gasteiger partial charge in [0.1, 0.15) is 11.2 Å². The maximum Gasteiger partial charge on any atom is 0.252 e. The van der Waals surface area contributed by atoms with E-state index in [1.807, 2.05) is 18.2 Å². The number of hydrogen-bond donors (Lipinski definition) is 0. The number of anilines is 9. The third-order valence-corrected chi connectivity index (χ3v) is 20.5. The summed E-state index contributed by atoms with van der Waals surface area (Å²) in [5, 5.41) is 2.13. The number of aryl methyl sites for hydroxylation is 3.